The Hall–Kier alpha value is -1.78. The number of methoxy groups -OCH3 is 1. The van der Waals surface area contributed by atoms with Crippen molar-refractivity contribution in [2.45, 2.75) is 38.5 Å². The molecule has 0 atom stereocenters. The standard InChI is InChI=1S/C15H22N2O3/c1-20-15-9-8-13(17(18)19)10-14(15)16-11-12-6-4-2-3-5-7-12/h8-10,12,16H,2-7,11H2,1H3. The Labute approximate surface area is 119 Å². The molecule has 1 aromatic rings. The van der Waals surface area contributed by atoms with Crippen LogP contribution in [0.5, 0.6) is 5.75 Å². The van der Waals surface area contributed by atoms with E-state index in [-0.39, 0.29) is 10.6 Å². The van der Waals surface area contributed by atoms with Crippen LogP contribution < -0.4 is 10.1 Å². The highest BCUT2D eigenvalue weighted by atomic mass is 16.6. The van der Waals surface area contributed by atoms with Crippen molar-refractivity contribution in [3.8, 4) is 5.75 Å². The lowest BCUT2D eigenvalue weighted by Crippen LogP contribution is -2.14. The van der Waals surface area contributed by atoms with Gasteiger partial charge in [0.05, 0.1) is 17.7 Å². The number of hydrogen-bond acceptors (Lipinski definition) is 4. The lowest BCUT2D eigenvalue weighted by atomic mass is 10.0. The molecule has 0 saturated heterocycles. The first kappa shape index (κ1) is 14.6. The molecule has 0 radical (unpaired) electrons. The maximum atomic E-state index is 10.8. The third-order valence-corrected chi connectivity index (χ3v) is 3.95. The third kappa shape index (κ3) is 3.85. The van der Waals surface area contributed by atoms with E-state index in [1.165, 1.54) is 44.6 Å². The predicted molar refractivity (Wildman–Crippen MR) is 79.3 cm³/mol. The van der Waals surface area contributed by atoms with Crippen molar-refractivity contribution in [3.63, 3.8) is 0 Å². The van der Waals surface area contributed by atoms with Gasteiger partial charge in [0.15, 0.2) is 0 Å². The Morgan fingerprint density at radius 1 is 1.30 bits per heavy atom. The molecule has 1 fully saturated rings. The number of nitro benzene ring substituents is 1. The minimum Gasteiger partial charge on any atom is -0.495 e. The first-order valence-electron chi connectivity index (χ1n) is 7.27. The van der Waals surface area contributed by atoms with Crippen LogP contribution in [0.4, 0.5) is 11.4 Å². The number of anilines is 1. The van der Waals surface area contributed by atoms with E-state index in [1.54, 1.807) is 19.2 Å². The molecule has 0 aromatic heterocycles. The van der Waals surface area contributed by atoms with Gasteiger partial charge in [-0.2, -0.15) is 0 Å². The predicted octanol–water partition coefficient (Wildman–Crippen LogP) is 3.99. The molecule has 2 rings (SSSR count). The highest BCUT2D eigenvalue weighted by Crippen LogP contribution is 2.30. The number of nitrogens with zero attached hydrogens (tertiary/aromatic N) is 1. The van der Waals surface area contributed by atoms with Gasteiger partial charge in [-0.05, 0) is 24.8 Å². The number of non-ortho nitro benzene ring substituents is 1. The maximum absolute atomic E-state index is 10.8. The average molecular weight is 278 g/mol. The van der Waals surface area contributed by atoms with E-state index in [9.17, 15) is 10.1 Å². The normalized spacial score (nSPS) is 16.4. The van der Waals surface area contributed by atoms with Crippen molar-refractivity contribution in [1.29, 1.82) is 0 Å². The van der Waals surface area contributed by atoms with E-state index in [4.69, 9.17) is 4.74 Å². The van der Waals surface area contributed by atoms with Crippen molar-refractivity contribution in [3.05, 3.63) is 28.3 Å². The van der Waals surface area contributed by atoms with Crippen molar-refractivity contribution in [1.82, 2.24) is 0 Å². The van der Waals surface area contributed by atoms with Gasteiger partial charge in [0.25, 0.3) is 5.69 Å². The lowest BCUT2D eigenvalue weighted by molar-refractivity contribution is -0.384. The van der Waals surface area contributed by atoms with Crippen LogP contribution in [0, 0.1) is 16.0 Å². The molecule has 0 heterocycles. The summed E-state index contributed by atoms with van der Waals surface area (Å²) in [6.45, 7) is 0.859. The lowest BCUT2D eigenvalue weighted by Gasteiger charge is -2.17. The second kappa shape index (κ2) is 7.12. The van der Waals surface area contributed by atoms with Gasteiger partial charge in [0.2, 0.25) is 0 Å². The molecule has 5 heteroatoms. The second-order valence-electron chi connectivity index (χ2n) is 5.38. The molecular weight excluding hydrogens is 256 g/mol. The number of hydrogen-bond donors (Lipinski definition) is 1. The molecule has 0 amide bonds. The zero-order chi connectivity index (χ0) is 14.4. The fourth-order valence-electron chi connectivity index (χ4n) is 2.77. The van der Waals surface area contributed by atoms with Crippen molar-refractivity contribution < 1.29 is 9.66 Å². The molecule has 1 aliphatic carbocycles. The number of nitro groups is 1. The Balaban J connectivity index is 2.02. The minimum atomic E-state index is -0.379. The van der Waals surface area contributed by atoms with Gasteiger partial charge in [-0.1, -0.05) is 25.7 Å². The first-order valence-corrected chi connectivity index (χ1v) is 7.27. The number of benzene rings is 1. The van der Waals surface area contributed by atoms with Gasteiger partial charge in [0, 0.05) is 18.7 Å². The second-order valence-corrected chi connectivity index (χ2v) is 5.38. The molecule has 0 bridgehead atoms. The van der Waals surface area contributed by atoms with Gasteiger partial charge in [-0.15, -0.1) is 0 Å². The monoisotopic (exact) mass is 278 g/mol. The van der Waals surface area contributed by atoms with Crippen LogP contribution in [-0.4, -0.2) is 18.6 Å². The van der Waals surface area contributed by atoms with Crippen LogP contribution in [0.25, 0.3) is 0 Å². The van der Waals surface area contributed by atoms with Gasteiger partial charge < -0.3 is 10.1 Å². The largest absolute Gasteiger partial charge is 0.495 e. The van der Waals surface area contributed by atoms with E-state index in [2.05, 4.69) is 5.32 Å². The van der Waals surface area contributed by atoms with Crippen LogP contribution in [-0.2, 0) is 0 Å². The number of rotatable bonds is 5. The maximum Gasteiger partial charge on any atom is 0.271 e. The van der Waals surface area contributed by atoms with Crippen LogP contribution >= 0.6 is 0 Å². The summed E-state index contributed by atoms with van der Waals surface area (Å²) in [7, 11) is 1.58. The molecule has 5 nitrogen and oxygen atoms in total. The van der Waals surface area contributed by atoms with E-state index in [0.717, 1.165) is 6.54 Å². The summed E-state index contributed by atoms with van der Waals surface area (Å²) in [4.78, 5) is 10.5. The summed E-state index contributed by atoms with van der Waals surface area (Å²) in [6, 6.07) is 4.67. The van der Waals surface area contributed by atoms with Crippen molar-refractivity contribution in [2.24, 2.45) is 5.92 Å². The van der Waals surface area contributed by atoms with Gasteiger partial charge in [-0.3, -0.25) is 10.1 Å². The van der Waals surface area contributed by atoms with E-state index in [1.807, 2.05) is 0 Å². The molecule has 20 heavy (non-hydrogen) atoms. The zero-order valence-corrected chi connectivity index (χ0v) is 11.9. The molecular formula is C15H22N2O3. The quantitative estimate of drug-likeness (QED) is 0.502. The SMILES string of the molecule is COc1ccc([N+](=O)[O-])cc1NCC1CCCCCC1. The Morgan fingerprint density at radius 3 is 2.60 bits per heavy atom. The Morgan fingerprint density at radius 2 is 2.00 bits per heavy atom. The molecule has 1 saturated carbocycles. The van der Waals surface area contributed by atoms with E-state index in [0.29, 0.717) is 17.4 Å². The summed E-state index contributed by atoms with van der Waals surface area (Å²) in [5, 5.41) is 14.2. The molecule has 1 aromatic carbocycles. The molecule has 0 aliphatic heterocycles. The molecule has 0 unspecified atom stereocenters. The van der Waals surface area contributed by atoms with Crippen LogP contribution in [0.1, 0.15) is 38.5 Å². The van der Waals surface area contributed by atoms with E-state index < -0.39 is 0 Å². The summed E-state index contributed by atoms with van der Waals surface area (Å²) < 4.78 is 5.26. The minimum absolute atomic E-state index is 0.0918. The van der Waals surface area contributed by atoms with Crippen molar-refractivity contribution in [2.75, 3.05) is 19.0 Å². The summed E-state index contributed by atoms with van der Waals surface area (Å²) >= 11 is 0. The van der Waals surface area contributed by atoms with Gasteiger partial charge >= 0.3 is 0 Å². The highest BCUT2D eigenvalue weighted by molar-refractivity contribution is 5.61. The van der Waals surface area contributed by atoms with Gasteiger partial charge in [0.1, 0.15) is 5.75 Å². The summed E-state index contributed by atoms with van der Waals surface area (Å²) in [6.07, 6.45) is 7.72. The summed E-state index contributed by atoms with van der Waals surface area (Å²) in [5.74, 6) is 1.31. The fraction of sp³-hybridized carbons (Fsp3) is 0.600. The summed E-state index contributed by atoms with van der Waals surface area (Å²) in [5.41, 5.74) is 0.806. The zero-order valence-electron chi connectivity index (χ0n) is 11.9. The fourth-order valence-corrected chi connectivity index (χ4v) is 2.77. The Bertz CT molecular complexity index is 454. The molecule has 1 N–H and O–H groups in total. The highest BCUT2D eigenvalue weighted by Gasteiger charge is 2.15. The van der Waals surface area contributed by atoms with E-state index >= 15 is 0 Å². The molecule has 110 valence electrons. The number of nitrogens with one attached hydrogen (secondary N) is 1. The van der Waals surface area contributed by atoms with Crippen LogP contribution in [0.15, 0.2) is 18.2 Å². The Kier molecular flexibility index (Phi) is 5.21. The first-order chi connectivity index (χ1) is 9.70. The molecule has 0 spiro atoms. The van der Waals surface area contributed by atoms with Crippen molar-refractivity contribution >= 4 is 11.4 Å². The van der Waals surface area contributed by atoms with Crippen LogP contribution in [0.3, 0.4) is 0 Å². The average Bonchev–Trinajstić information content (AvgIpc) is 2.73. The molecule has 1 aliphatic rings. The number of ether oxygens (including phenoxy) is 1. The van der Waals surface area contributed by atoms with Gasteiger partial charge in [-0.25, -0.2) is 0 Å². The topological polar surface area (TPSA) is 64.4 Å². The van der Waals surface area contributed by atoms with Crippen LogP contribution in [0.2, 0.25) is 0 Å². The third-order valence-electron chi connectivity index (χ3n) is 3.95. The smallest absolute Gasteiger partial charge is 0.271 e.